The molecule has 0 N–H and O–H groups in total. The van der Waals surface area contributed by atoms with Crippen LogP contribution in [0.25, 0.3) is 0 Å². The van der Waals surface area contributed by atoms with Crippen molar-refractivity contribution in [3.8, 4) is 23.0 Å². The van der Waals surface area contributed by atoms with Gasteiger partial charge in [0.2, 0.25) is 5.75 Å². The van der Waals surface area contributed by atoms with Gasteiger partial charge in [-0.15, -0.1) is 13.2 Å². The molecule has 31 heavy (non-hydrogen) atoms. The third kappa shape index (κ3) is 6.71. The van der Waals surface area contributed by atoms with E-state index in [0.29, 0.717) is 30.3 Å². The molecule has 0 atom stereocenters. The molecule has 2 aromatic rings. The number of benzene rings is 2. The lowest BCUT2D eigenvalue weighted by Gasteiger charge is -2.27. The van der Waals surface area contributed by atoms with Crippen LogP contribution in [0.15, 0.2) is 36.4 Å². The highest BCUT2D eigenvalue weighted by Gasteiger charge is 2.32. The summed E-state index contributed by atoms with van der Waals surface area (Å²) < 4.78 is 58.7. The fourth-order valence-electron chi connectivity index (χ4n) is 3.14. The van der Waals surface area contributed by atoms with Crippen LogP contribution in [0.5, 0.6) is 23.0 Å². The first kappa shape index (κ1) is 24.7. The molecule has 2 rings (SSSR count). The lowest BCUT2D eigenvalue weighted by atomic mass is 9.82. The van der Waals surface area contributed by atoms with Crippen LogP contribution in [-0.2, 0) is 10.8 Å². The number of ether oxygens (including phenoxy) is 4. The average molecular weight is 441 g/mol. The van der Waals surface area contributed by atoms with E-state index >= 15 is 0 Å². The zero-order chi connectivity index (χ0) is 23.4. The van der Waals surface area contributed by atoms with Gasteiger partial charge in [0.25, 0.3) is 0 Å². The molecule has 0 aliphatic rings. The van der Waals surface area contributed by atoms with Crippen molar-refractivity contribution in [3.05, 3.63) is 47.5 Å². The van der Waals surface area contributed by atoms with Gasteiger partial charge >= 0.3 is 6.36 Å². The van der Waals surface area contributed by atoms with Gasteiger partial charge in [-0.3, -0.25) is 0 Å². The summed E-state index contributed by atoms with van der Waals surface area (Å²) in [4.78, 5) is 0. The number of hydrogen-bond donors (Lipinski definition) is 0. The Hall–Kier alpha value is -2.57. The minimum atomic E-state index is -4.72. The van der Waals surface area contributed by atoms with E-state index in [1.54, 1.807) is 26.4 Å². The molecule has 0 radical (unpaired) electrons. The molecule has 0 saturated carbocycles. The number of alkyl halides is 3. The van der Waals surface area contributed by atoms with Crippen LogP contribution < -0.4 is 18.9 Å². The van der Waals surface area contributed by atoms with Gasteiger partial charge in [0.15, 0.2) is 11.5 Å². The molecule has 0 unspecified atom stereocenters. The predicted octanol–water partition coefficient (Wildman–Crippen LogP) is 6.65. The predicted molar refractivity (Wildman–Crippen MR) is 115 cm³/mol. The second kappa shape index (κ2) is 9.28. The molecule has 172 valence electrons. The fourth-order valence-corrected chi connectivity index (χ4v) is 3.14. The van der Waals surface area contributed by atoms with Crippen LogP contribution in [0.4, 0.5) is 13.2 Å². The molecule has 4 nitrogen and oxygen atoms in total. The third-order valence-corrected chi connectivity index (χ3v) is 5.14. The van der Waals surface area contributed by atoms with E-state index < -0.39 is 11.8 Å². The van der Waals surface area contributed by atoms with Crippen LogP contribution in [0, 0.1) is 0 Å². The smallest absolute Gasteiger partial charge is 0.493 e. The summed E-state index contributed by atoms with van der Waals surface area (Å²) in [5.74, 6) is 1.43. The molecular weight excluding hydrogens is 409 g/mol. The number of hydrogen-bond acceptors (Lipinski definition) is 4. The first-order chi connectivity index (χ1) is 14.3. The fraction of sp³-hybridized carbons (Fsp3) is 0.500. The van der Waals surface area contributed by atoms with E-state index in [1.165, 1.54) is 12.1 Å². The summed E-state index contributed by atoms with van der Waals surface area (Å²) in [5.41, 5.74) is 1.21. The van der Waals surface area contributed by atoms with Gasteiger partial charge in [-0.2, -0.15) is 0 Å². The lowest BCUT2D eigenvalue weighted by Crippen LogP contribution is -2.22. The molecule has 0 fully saturated rings. The van der Waals surface area contributed by atoms with Crippen LogP contribution in [0.2, 0.25) is 0 Å². The molecule has 0 amide bonds. The van der Waals surface area contributed by atoms with E-state index in [2.05, 4.69) is 25.5 Å². The van der Waals surface area contributed by atoms with Crippen molar-refractivity contribution < 1.29 is 32.1 Å². The first-order valence-corrected chi connectivity index (χ1v) is 10.0. The maximum Gasteiger partial charge on any atom is 0.573 e. The summed E-state index contributed by atoms with van der Waals surface area (Å²) in [5, 5.41) is 0. The van der Waals surface area contributed by atoms with Crippen LogP contribution in [0.1, 0.15) is 52.2 Å². The van der Waals surface area contributed by atoms with Gasteiger partial charge < -0.3 is 18.9 Å². The summed E-state index contributed by atoms with van der Waals surface area (Å²) >= 11 is 0. The molecule has 0 aliphatic heterocycles. The normalized spacial score (nSPS) is 12.5. The van der Waals surface area contributed by atoms with Gasteiger partial charge in [0, 0.05) is 0 Å². The van der Waals surface area contributed by atoms with Crippen molar-refractivity contribution >= 4 is 0 Å². The Labute approximate surface area is 182 Å². The largest absolute Gasteiger partial charge is 0.573 e. The SMILES string of the molecule is COc1cc(C(C)(C)C)cc(OCCC(C)(C)c2cccc(OC(F)(F)F)c2)c1OC. The number of halogens is 3. The highest BCUT2D eigenvalue weighted by atomic mass is 19.4. The summed E-state index contributed by atoms with van der Waals surface area (Å²) in [7, 11) is 3.13. The summed E-state index contributed by atoms with van der Waals surface area (Å²) in [6.45, 7) is 10.5. The van der Waals surface area contributed by atoms with Crippen molar-refractivity contribution in [2.24, 2.45) is 0 Å². The quantitative estimate of drug-likeness (QED) is 0.461. The Morgan fingerprint density at radius 3 is 2.00 bits per heavy atom. The Bertz CT molecular complexity index is 883. The van der Waals surface area contributed by atoms with Crippen LogP contribution in [-0.4, -0.2) is 27.2 Å². The Balaban J connectivity index is 2.19. The van der Waals surface area contributed by atoms with Crippen LogP contribution in [0.3, 0.4) is 0 Å². The molecule has 2 aromatic carbocycles. The maximum absolute atomic E-state index is 12.5. The summed E-state index contributed by atoms with van der Waals surface area (Å²) in [6.07, 6.45) is -4.16. The second-order valence-corrected chi connectivity index (χ2v) is 9.02. The zero-order valence-electron chi connectivity index (χ0n) is 19.1. The number of rotatable bonds is 8. The Morgan fingerprint density at radius 2 is 1.45 bits per heavy atom. The molecule has 0 spiro atoms. The van der Waals surface area contributed by atoms with E-state index in [1.807, 2.05) is 26.0 Å². The zero-order valence-corrected chi connectivity index (χ0v) is 19.1. The van der Waals surface area contributed by atoms with Gasteiger partial charge in [0.1, 0.15) is 5.75 Å². The average Bonchev–Trinajstić information content (AvgIpc) is 2.65. The topological polar surface area (TPSA) is 36.9 Å². The van der Waals surface area contributed by atoms with E-state index in [9.17, 15) is 13.2 Å². The summed E-state index contributed by atoms with van der Waals surface area (Å²) in [6, 6.07) is 9.91. The molecule has 0 bridgehead atoms. The molecular formula is C24H31F3O4. The van der Waals surface area contributed by atoms with E-state index in [0.717, 1.165) is 11.1 Å². The Morgan fingerprint density at radius 1 is 0.806 bits per heavy atom. The van der Waals surface area contributed by atoms with E-state index in [4.69, 9.17) is 14.2 Å². The maximum atomic E-state index is 12.5. The monoisotopic (exact) mass is 440 g/mol. The minimum Gasteiger partial charge on any atom is -0.493 e. The molecule has 7 heteroatoms. The highest BCUT2D eigenvalue weighted by molar-refractivity contribution is 5.55. The molecule has 0 aliphatic carbocycles. The third-order valence-electron chi connectivity index (χ3n) is 5.14. The standard InChI is InChI=1S/C24H31F3O4/c1-22(2,3)17-14-19(28-6)21(29-7)20(15-17)30-12-11-23(4,5)16-9-8-10-18(13-16)31-24(25,26)27/h8-10,13-15H,11-12H2,1-7H3. The highest BCUT2D eigenvalue weighted by Crippen LogP contribution is 2.42. The van der Waals surface area contributed by atoms with Gasteiger partial charge in [0.05, 0.1) is 20.8 Å². The molecule has 0 aromatic heterocycles. The molecule has 0 heterocycles. The van der Waals surface area contributed by atoms with Crippen molar-refractivity contribution in [2.45, 2.75) is 58.2 Å². The number of methoxy groups -OCH3 is 2. The molecule has 0 saturated heterocycles. The van der Waals surface area contributed by atoms with Gasteiger partial charge in [-0.05, 0) is 52.6 Å². The Kier molecular flexibility index (Phi) is 7.40. The first-order valence-electron chi connectivity index (χ1n) is 10.0. The van der Waals surface area contributed by atoms with Gasteiger partial charge in [-0.1, -0.05) is 46.8 Å². The lowest BCUT2D eigenvalue weighted by molar-refractivity contribution is -0.274. The second-order valence-electron chi connectivity index (χ2n) is 9.02. The van der Waals surface area contributed by atoms with Crippen molar-refractivity contribution in [1.29, 1.82) is 0 Å². The minimum absolute atomic E-state index is 0.115. The van der Waals surface area contributed by atoms with Crippen LogP contribution >= 0.6 is 0 Å². The van der Waals surface area contributed by atoms with Crippen molar-refractivity contribution in [1.82, 2.24) is 0 Å². The van der Waals surface area contributed by atoms with Crippen molar-refractivity contribution in [2.75, 3.05) is 20.8 Å². The van der Waals surface area contributed by atoms with Crippen molar-refractivity contribution in [3.63, 3.8) is 0 Å². The van der Waals surface area contributed by atoms with E-state index in [-0.39, 0.29) is 11.2 Å². The van der Waals surface area contributed by atoms with Gasteiger partial charge in [-0.25, -0.2) is 0 Å².